The molecule has 0 spiro atoms. The van der Waals surface area contributed by atoms with Gasteiger partial charge in [0.15, 0.2) is 6.10 Å². The van der Waals surface area contributed by atoms with Crippen LogP contribution in [-0.4, -0.2) is 42.7 Å². The van der Waals surface area contributed by atoms with Crippen molar-refractivity contribution < 1.29 is 23.0 Å². The number of rotatable bonds is 6. The number of aliphatic hydroxyl groups excluding tert-OH is 1. The van der Waals surface area contributed by atoms with Gasteiger partial charge in [0.2, 0.25) is 0 Å². The normalized spacial score (nSPS) is 15.4. The fraction of sp³-hybridized carbons (Fsp3) is 1.00. The standard InChI is InChI=1S/C9H18F3NO2/c1-4-15-8(2,3)6-13-5-7(14)9(10,11)12/h7,13-14H,4-6H2,1-3H3. The van der Waals surface area contributed by atoms with Crippen molar-refractivity contribution in [1.29, 1.82) is 0 Å². The number of ether oxygens (including phenoxy) is 1. The zero-order valence-corrected chi connectivity index (χ0v) is 9.19. The summed E-state index contributed by atoms with van der Waals surface area (Å²) in [5.74, 6) is 0. The minimum Gasteiger partial charge on any atom is -0.382 e. The summed E-state index contributed by atoms with van der Waals surface area (Å²) in [4.78, 5) is 0. The quantitative estimate of drug-likeness (QED) is 0.721. The summed E-state index contributed by atoms with van der Waals surface area (Å²) in [7, 11) is 0. The molecule has 0 amide bonds. The molecular formula is C9H18F3NO2. The van der Waals surface area contributed by atoms with Gasteiger partial charge in [0.1, 0.15) is 0 Å². The fourth-order valence-electron chi connectivity index (χ4n) is 1.07. The molecule has 0 aromatic heterocycles. The van der Waals surface area contributed by atoms with E-state index in [-0.39, 0.29) is 6.54 Å². The molecule has 0 aliphatic rings. The highest BCUT2D eigenvalue weighted by molar-refractivity contribution is 4.75. The lowest BCUT2D eigenvalue weighted by atomic mass is 10.1. The smallest absolute Gasteiger partial charge is 0.382 e. The molecule has 6 heteroatoms. The van der Waals surface area contributed by atoms with Crippen molar-refractivity contribution in [2.45, 2.75) is 38.7 Å². The van der Waals surface area contributed by atoms with Gasteiger partial charge < -0.3 is 15.2 Å². The Morgan fingerprint density at radius 2 is 1.87 bits per heavy atom. The lowest BCUT2D eigenvalue weighted by Gasteiger charge is -2.26. The van der Waals surface area contributed by atoms with E-state index in [1.165, 1.54) is 0 Å². The minimum absolute atomic E-state index is 0.258. The first-order valence-corrected chi connectivity index (χ1v) is 4.78. The molecule has 1 atom stereocenters. The number of hydrogen-bond acceptors (Lipinski definition) is 3. The number of halogens is 3. The van der Waals surface area contributed by atoms with Crippen LogP contribution < -0.4 is 5.32 Å². The van der Waals surface area contributed by atoms with E-state index in [0.717, 1.165) is 0 Å². The van der Waals surface area contributed by atoms with Gasteiger partial charge in [0.05, 0.1) is 5.60 Å². The molecule has 0 saturated carbocycles. The second-order valence-corrected chi connectivity index (χ2v) is 3.88. The molecule has 0 heterocycles. The molecule has 15 heavy (non-hydrogen) atoms. The van der Waals surface area contributed by atoms with Gasteiger partial charge in [-0.2, -0.15) is 13.2 Å². The zero-order valence-electron chi connectivity index (χ0n) is 9.19. The van der Waals surface area contributed by atoms with Crippen molar-refractivity contribution in [2.75, 3.05) is 19.7 Å². The van der Waals surface area contributed by atoms with E-state index in [0.29, 0.717) is 6.61 Å². The Kier molecular flexibility index (Phi) is 5.55. The molecule has 3 nitrogen and oxygen atoms in total. The maximum atomic E-state index is 11.9. The maximum absolute atomic E-state index is 11.9. The van der Waals surface area contributed by atoms with Gasteiger partial charge in [-0.1, -0.05) is 0 Å². The summed E-state index contributed by atoms with van der Waals surface area (Å²) in [6, 6.07) is 0. The first-order valence-electron chi connectivity index (χ1n) is 4.78. The topological polar surface area (TPSA) is 41.5 Å². The van der Waals surface area contributed by atoms with Gasteiger partial charge >= 0.3 is 6.18 Å². The SMILES string of the molecule is CCOC(C)(C)CNCC(O)C(F)(F)F. The van der Waals surface area contributed by atoms with Crippen LogP contribution in [0.2, 0.25) is 0 Å². The van der Waals surface area contributed by atoms with Crippen molar-refractivity contribution >= 4 is 0 Å². The Labute approximate surface area is 87.6 Å². The molecule has 2 N–H and O–H groups in total. The lowest BCUT2D eigenvalue weighted by Crippen LogP contribution is -2.44. The average Bonchev–Trinajstić information content (AvgIpc) is 2.01. The fourth-order valence-corrected chi connectivity index (χ4v) is 1.07. The van der Waals surface area contributed by atoms with E-state index in [1.54, 1.807) is 13.8 Å². The third-order valence-corrected chi connectivity index (χ3v) is 1.80. The molecule has 0 aliphatic heterocycles. The summed E-state index contributed by atoms with van der Waals surface area (Å²) in [5.41, 5.74) is -0.528. The molecule has 0 rings (SSSR count). The van der Waals surface area contributed by atoms with E-state index in [2.05, 4.69) is 5.32 Å². The highest BCUT2D eigenvalue weighted by Gasteiger charge is 2.37. The van der Waals surface area contributed by atoms with Crippen molar-refractivity contribution in [2.24, 2.45) is 0 Å². The molecular weight excluding hydrogens is 211 g/mol. The molecule has 0 aromatic carbocycles. The second kappa shape index (κ2) is 5.67. The molecule has 92 valence electrons. The molecule has 0 aromatic rings. The van der Waals surface area contributed by atoms with E-state index < -0.39 is 24.4 Å². The highest BCUT2D eigenvalue weighted by Crippen LogP contribution is 2.19. The summed E-state index contributed by atoms with van der Waals surface area (Å²) < 4.78 is 41.0. The van der Waals surface area contributed by atoms with Crippen LogP contribution >= 0.6 is 0 Å². The van der Waals surface area contributed by atoms with Gasteiger partial charge in [-0.3, -0.25) is 0 Å². The van der Waals surface area contributed by atoms with Gasteiger partial charge in [-0.05, 0) is 20.8 Å². The Morgan fingerprint density at radius 1 is 1.33 bits per heavy atom. The molecule has 0 aliphatic carbocycles. The number of alkyl halides is 3. The minimum atomic E-state index is -4.57. The molecule has 1 unspecified atom stereocenters. The first kappa shape index (κ1) is 14.7. The number of aliphatic hydroxyl groups is 1. The first-order chi connectivity index (χ1) is 6.69. The predicted molar refractivity (Wildman–Crippen MR) is 50.6 cm³/mol. The Hall–Kier alpha value is -0.330. The van der Waals surface area contributed by atoms with Gasteiger partial charge in [-0.25, -0.2) is 0 Å². The highest BCUT2D eigenvalue weighted by atomic mass is 19.4. The van der Waals surface area contributed by atoms with Crippen molar-refractivity contribution in [3.63, 3.8) is 0 Å². The predicted octanol–water partition coefficient (Wildman–Crippen LogP) is 1.31. The third-order valence-electron chi connectivity index (χ3n) is 1.80. The molecule has 0 saturated heterocycles. The van der Waals surface area contributed by atoms with Crippen molar-refractivity contribution in [3.8, 4) is 0 Å². The Morgan fingerprint density at radius 3 is 2.27 bits per heavy atom. The van der Waals surface area contributed by atoms with E-state index in [4.69, 9.17) is 9.84 Å². The van der Waals surface area contributed by atoms with Crippen LogP contribution in [0.15, 0.2) is 0 Å². The van der Waals surface area contributed by atoms with Crippen LogP contribution in [0.3, 0.4) is 0 Å². The zero-order chi connectivity index (χ0) is 12.1. The molecule has 0 bridgehead atoms. The summed E-state index contributed by atoms with van der Waals surface area (Å²) in [6.45, 7) is 5.59. The third kappa shape index (κ3) is 6.70. The van der Waals surface area contributed by atoms with Crippen LogP contribution in [0, 0.1) is 0 Å². The van der Waals surface area contributed by atoms with Crippen molar-refractivity contribution in [3.05, 3.63) is 0 Å². The molecule has 0 radical (unpaired) electrons. The monoisotopic (exact) mass is 229 g/mol. The van der Waals surface area contributed by atoms with Crippen LogP contribution in [0.25, 0.3) is 0 Å². The Bertz CT molecular complexity index is 183. The van der Waals surface area contributed by atoms with Crippen LogP contribution in [-0.2, 0) is 4.74 Å². The lowest BCUT2D eigenvalue weighted by molar-refractivity contribution is -0.202. The number of hydrogen-bond donors (Lipinski definition) is 2. The summed E-state index contributed by atoms with van der Waals surface area (Å²) >= 11 is 0. The second-order valence-electron chi connectivity index (χ2n) is 3.88. The molecule has 0 fully saturated rings. The average molecular weight is 229 g/mol. The Balaban J connectivity index is 3.79. The van der Waals surface area contributed by atoms with E-state index in [9.17, 15) is 13.2 Å². The summed E-state index contributed by atoms with van der Waals surface area (Å²) in [6.07, 6.45) is -6.89. The maximum Gasteiger partial charge on any atom is 0.415 e. The number of nitrogens with one attached hydrogen (secondary N) is 1. The van der Waals surface area contributed by atoms with Gasteiger partial charge in [0.25, 0.3) is 0 Å². The van der Waals surface area contributed by atoms with Gasteiger partial charge in [0, 0.05) is 19.7 Å². The van der Waals surface area contributed by atoms with Crippen LogP contribution in [0.1, 0.15) is 20.8 Å². The summed E-state index contributed by atoms with van der Waals surface area (Å²) in [5, 5.41) is 11.2. The van der Waals surface area contributed by atoms with E-state index in [1.807, 2.05) is 6.92 Å². The van der Waals surface area contributed by atoms with Crippen LogP contribution in [0.4, 0.5) is 13.2 Å². The largest absolute Gasteiger partial charge is 0.415 e. The van der Waals surface area contributed by atoms with Crippen LogP contribution in [0.5, 0.6) is 0 Å². The van der Waals surface area contributed by atoms with Gasteiger partial charge in [-0.15, -0.1) is 0 Å². The van der Waals surface area contributed by atoms with E-state index >= 15 is 0 Å². The van der Waals surface area contributed by atoms with Crippen molar-refractivity contribution in [1.82, 2.24) is 5.32 Å².